The number of aryl methyl sites for hydroxylation is 1. The molecule has 0 aromatic heterocycles. The molecule has 3 rings (SSSR count). The maximum atomic E-state index is 12.4. The van der Waals surface area contributed by atoms with Crippen LogP contribution in [-0.4, -0.2) is 18.4 Å². The van der Waals surface area contributed by atoms with Gasteiger partial charge in [0.25, 0.3) is 0 Å². The molecule has 0 unspecified atom stereocenters. The Morgan fingerprint density at radius 1 is 1.24 bits per heavy atom. The third-order valence-corrected chi connectivity index (χ3v) is 4.95. The van der Waals surface area contributed by atoms with Crippen LogP contribution in [0, 0.1) is 0 Å². The highest BCUT2D eigenvalue weighted by molar-refractivity contribution is 9.10. The fraction of sp³-hybridized carbons (Fsp3) is 0.263. The fourth-order valence-electron chi connectivity index (χ4n) is 3.04. The van der Waals surface area contributed by atoms with Crippen molar-refractivity contribution in [3.63, 3.8) is 0 Å². The summed E-state index contributed by atoms with van der Waals surface area (Å²) in [5.41, 5.74) is 3.62. The first kappa shape index (κ1) is 18.0. The molecular weight excluding hydrogens is 404 g/mol. The number of benzene rings is 2. The van der Waals surface area contributed by atoms with Crippen LogP contribution in [0.25, 0.3) is 0 Å². The van der Waals surface area contributed by atoms with E-state index < -0.39 is 0 Å². The Bertz CT molecular complexity index is 821. The Morgan fingerprint density at radius 2 is 1.96 bits per heavy atom. The van der Waals surface area contributed by atoms with E-state index in [0.717, 1.165) is 27.7 Å². The van der Waals surface area contributed by atoms with Crippen molar-refractivity contribution in [2.45, 2.75) is 26.2 Å². The lowest BCUT2D eigenvalue weighted by atomic mass is 10.1. The molecule has 6 heteroatoms. The van der Waals surface area contributed by atoms with E-state index in [4.69, 9.17) is 11.6 Å². The van der Waals surface area contributed by atoms with E-state index in [1.54, 1.807) is 11.8 Å². The van der Waals surface area contributed by atoms with Gasteiger partial charge in [0.15, 0.2) is 0 Å². The van der Waals surface area contributed by atoms with Gasteiger partial charge in [0.1, 0.15) is 0 Å². The van der Waals surface area contributed by atoms with E-state index in [1.807, 2.05) is 36.4 Å². The predicted octanol–water partition coefficient (Wildman–Crippen LogP) is 4.58. The number of carbonyl (C=O) groups is 2. The van der Waals surface area contributed by atoms with Crippen molar-refractivity contribution in [1.82, 2.24) is 0 Å². The van der Waals surface area contributed by atoms with Crippen LogP contribution >= 0.6 is 27.5 Å². The molecule has 1 N–H and O–H groups in total. The molecule has 0 aliphatic carbocycles. The van der Waals surface area contributed by atoms with E-state index in [1.165, 1.54) is 0 Å². The molecule has 130 valence electrons. The van der Waals surface area contributed by atoms with Gasteiger partial charge in [-0.05, 0) is 48.2 Å². The molecule has 0 fully saturated rings. The summed E-state index contributed by atoms with van der Waals surface area (Å²) in [7, 11) is 0. The first-order valence-electron chi connectivity index (χ1n) is 8.09. The van der Waals surface area contributed by atoms with Gasteiger partial charge in [-0.1, -0.05) is 39.7 Å². The molecule has 1 aliphatic heterocycles. The smallest absolute Gasteiger partial charge is 0.224 e. The molecule has 0 bridgehead atoms. The number of anilines is 2. The minimum atomic E-state index is -0.0781. The van der Waals surface area contributed by atoms with Crippen molar-refractivity contribution in [3.05, 3.63) is 57.0 Å². The average molecular weight is 422 g/mol. The number of fused-ring (bicyclic) bond motifs is 1. The summed E-state index contributed by atoms with van der Waals surface area (Å²) in [4.78, 5) is 26.0. The van der Waals surface area contributed by atoms with Crippen molar-refractivity contribution in [2.75, 3.05) is 16.8 Å². The van der Waals surface area contributed by atoms with E-state index in [2.05, 4.69) is 21.2 Å². The van der Waals surface area contributed by atoms with Crippen LogP contribution in [0.5, 0.6) is 0 Å². The fourth-order valence-corrected chi connectivity index (χ4v) is 3.67. The van der Waals surface area contributed by atoms with Crippen LogP contribution < -0.4 is 10.2 Å². The van der Waals surface area contributed by atoms with Gasteiger partial charge in [-0.15, -0.1) is 0 Å². The zero-order valence-electron chi connectivity index (χ0n) is 13.8. The van der Waals surface area contributed by atoms with E-state index in [9.17, 15) is 9.59 Å². The molecule has 0 spiro atoms. The topological polar surface area (TPSA) is 49.4 Å². The van der Waals surface area contributed by atoms with Gasteiger partial charge < -0.3 is 10.2 Å². The molecule has 0 radical (unpaired) electrons. The summed E-state index contributed by atoms with van der Waals surface area (Å²) in [6.45, 7) is 2.19. The second kappa shape index (κ2) is 7.58. The Hall–Kier alpha value is -1.85. The molecule has 0 atom stereocenters. The molecule has 0 saturated carbocycles. The molecule has 1 aliphatic rings. The van der Waals surface area contributed by atoms with Gasteiger partial charge in [0, 0.05) is 29.4 Å². The first-order chi connectivity index (χ1) is 11.9. The van der Waals surface area contributed by atoms with Crippen LogP contribution in [0.3, 0.4) is 0 Å². The van der Waals surface area contributed by atoms with Gasteiger partial charge in [-0.25, -0.2) is 0 Å². The number of hydrogen-bond acceptors (Lipinski definition) is 2. The SMILES string of the molecule is CC(=O)N1CCc2cc(Br)cc(NC(=O)CCc3ccc(Cl)cc3)c21. The van der Waals surface area contributed by atoms with Crippen LogP contribution in [0.2, 0.25) is 5.02 Å². The minimum absolute atomic E-state index is 0.0160. The van der Waals surface area contributed by atoms with Crippen molar-refractivity contribution in [1.29, 1.82) is 0 Å². The lowest BCUT2D eigenvalue weighted by Crippen LogP contribution is -2.27. The van der Waals surface area contributed by atoms with Crippen LogP contribution in [0.15, 0.2) is 40.9 Å². The highest BCUT2D eigenvalue weighted by Crippen LogP contribution is 2.38. The first-order valence-corrected chi connectivity index (χ1v) is 9.26. The minimum Gasteiger partial charge on any atom is -0.324 e. The van der Waals surface area contributed by atoms with Gasteiger partial charge in [0.05, 0.1) is 11.4 Å². The summed E-state index contributed by atoms with van der Waals surface area (Å²) in [6.07, 6.45) is 1.79. The number of nitrogens with zero attached hydrogens (tertiary/aromatic N) is 1. The maximum absolute atomic E-state index is 12.4. The van der Waals surface area contributed by atoms with E-state index in [0.29, 0.717) is 30.1 Å². The zero-order chi connectivity index (χ0) is 18.0. The summed E-state index contributed by atoms with van der Waals surface area (Å²) >= 11 is 9.35. The molecule has 2 amide bonds. The molecule has 25 heavy (non-hydrogen) atoms. The monoisotopic (exact) mass is 420 g/mol. The van der Waals surface area contributed by atoms with Gasteiger partial charge >= 0.3 is 0 Å². The molecule has 4 nitrogen and oxygen atoms in total. The number of nitrogens with one attached hydrogen (secondary N) is 1. The molecule has 2 aromatic rings. The van der Waals surface area contributed by atoms with Crippen molar-refractivity contribution in [3.8, 4) is 0 Å². The lowest BCUT2D eigenvalue weighted by Gasteiger charge is -2.19. The third kappa shape index (κ3) is 4.22. The number of amides is 2. The van der Waals surface area contributed by atoms with Gasteiger partial charge in [-0.3, -0.25) is 9.59 Å². The molecule has 2 aromatic carbocycles. The quantitative estimate of drug-likeness (QED) is 0.785. The second-order valence-corrected chi connectivity index (χ2v) is 7.41. The van der Waals surface area contributed by atoms with Gasteiger partial charge in [-0.2, -0.15) is 0 Å². The normalized spacial score (nSPS) is 12.8. The Kier molecular flexibility index (Phi) is 5.45. The number of halogens is 2. The Morgan fingerprint density at radius 3 is 2.64 bits per heavy atom. The number of carbonyl (C=O) groups excluding carboxylic acids is 2. The molecule has 0 saturated heterocycles. The molecular formula is C19H18BrClN2O2. The van der Waals surface area contributed by atoms with Crippen LogP contribution in [0.4, 0.5) is 11.4 Å². The number of hydrogen-bond donors (Lipinski definition) is 1. The maximum Gasteiger partial charge on any atom is 0.224 e. The summed E-state index contributed by atoms with van der Waals surface area (Å²) in [6, 6.07) is 11.3. The Balaban J connectivity index is 1.73. The predicted molar refractivity (Wildman–Crippen MR) is 104 cm³/mol. The summed E-state index contributed by atoms with van der Waals surface area (Å²) in [5.74, 6) is -0.0941. The summed E-state index contributed by atoms with van der Waals surface area (Å²) < 4.78 is 0.893. The standard InChI is InChI=1S/C19H18BrClN2O2/c1-12(24)23-9-8-14-10-15(20)11-17(19(14)23)22-18(25)7-4-13-2-5-16(21)6-3-13/h2-3,5-6,10-11H,4,7-9H2,1H3,(H,22,25). The van der Waals surface area contributed by atoms with Crippen molar-refractivity contribution in [2.24, 2.45) is 0 Å². The zero-order valence-corrected chi connectivity index (χ0v) is 16.2. The molecule has 1 heterocycles. The van der Waals surface area contributed by atoms with Crippen LogP contribution in [0.1, 0.15) is 24.5 Å². The highest BCUT2D eigenvalue weighted by Gasteiger charge is 2.26. The van der Waals surface area contributed by atoms with Crippen molar-refractivity contribution >= 4 is 50.7 Å². The summed E-state index contributed by atoms with van der Waals surface area (Å²) in [5, 5.41) is 3.64. The van der Waals surface area contributed by atoms with Gasteiger partial charge in [0.2, 0.25) is 11.8 Å². The second-order valence-electron chi connectivity index (χ2n) is 6.06. The van der Waals surface area contributed by atoms with Crippen LogP contribution in [-0.2, 0) is 22.4 Å². The third-order valence-electron chi connectivity index (χ3n) is 4.24. The number of rotatable bonds is 4. The lowest BCUT2D eigenvalue weighted by molar-refractivity contribution is -0.117. The van der Waals surface area contributed by atoms with E-state index >= 15 is 0 Å². The highest BCUT2D eigenvalue weighted by atomic mass is 79.9. The van der Waals surface area contributed by atoms with Crippen molar-refractivity contribution < 1.29 is 9.59 Å². The largest absolute Gasteiger partial charge is 0.324 e. The Labute approximate surface area is 160 Å². The average Bonchev–Trinajstić information content (AvgIpc) is 2.98. The van der Waals surface area contributed by atoms with E-state index in [-0.39, 0.29) is 11.8 Å².